The monoisotopic (exact) mass is 466 g/mol. The van der Waals surface area contributed by atoms with Crippen LogP contribution in [0, 0.1) is 0 Å². The Morgan fingerprint density at radius 3 is 2.63 bits per heavy atom. The first kappa shape index (κ1) is 22.1. The second kappa shape index (κ2) is 9.17. The van der Waals surface area contributed by atoms with Gasteiger partial charge in [-0.2, -0.15) is 4.31 Å². The fourth-order valence-corrected chi connectivity index (χ4v) is 7.11. The standard InChI is InChI=1S/C23H28Cl2N2O2S/c1-2-27(30(28,29)22-16-19(24)9-10-20(22)25)14-4-3-13-26-15-12-18-7-5-6-17-8-11-21(26)23(17)18/h5-7,9-10,16,21H,2-4,8,11-15H2,1H3. The van der Waals surface area contributed by atoms with Gasteiger partial charge in [0, 0.05) is 30.7 Å². The minimum absolute atomic E-state index is 0.0876. The van der Waals surface area contributed by atoms with Crippen LogP contribution < -0.4 is 0 Å². The van der Waals surface area contributed by atoms with Crippen LogP contribution in [-0.2, 0) is 22.9 Å². The summed E-state index contributed by atoms with van der Waals surface area (Å²) in [5.74, 6) is 0. The van der Waals surface area contributed by atoms with E-state index in [1.54, 1.807) is 11.6 Å². The molecule has 1 aliphatic heterocycles. The lowest BCUT2D eigenvalue weighted by Crippen LogP contribution is -2.36. The molecule has 0 aromatic heterocycles. The van der Waals surface area contributed by atoms with Crippen molar-refractivity contribution >= 4 is 33.2 Å². The molecule has 2 aliphatic rings. The van der Waals surface area contributed by atoms with E-state index in [1.165, 1.54) is 40.4 Å². The Morgan fingerprint density at radius 2 is 1.87 bits per heavy atom. The Hall–Kier alpha value is -1.11. The molecule has 0 saturated carbocycles. The quantitative estimate of drug-likeness (QED) is 0.493. The number of hydrogen-bond acceptors (Lipinski definition) is 3. The molecule has 4 rings (SSSR count). The van der Waals surface area contributed by atoms with Gasteiger partial charge in [-0.05, 0) is 73.5 Å². The van der Waals surface area contributed by atoms with Gasteiger partial charge in [-0.3, -0.25) is 4.90 Å². The molecule has 0 fully saturated rings. The van der Waals surface area contributed by atoms with E-state index in [0.29, 0.717) is 24.2 Å². The van der Waals surface area contributed by atoms with Gasteiger partial charge < -0.3 is 0 Å². The first-order valence-electron chi connectivity index (χ1n) is 10.7. The van der Waals surface area contributed by atoms with E-state index in [1.807, 2.05) is 6.92 Å². The van der Waals surface area contributed by atoms with Crippen molar-refractivity contribution in [3.8, 4) is 0 Å². The number of nitrogens with zero attached hydrogens (tertiary/aromatic N) is 2. The third-order valence-electron chi connectivity index (χ3n) is 6.38. The van der Waals surface area contributed by atoms with Crippen molar-refractivity contribution < 1.29 is 8.42 Å². The Kier molecular flexibility index (Phi) is 6.76. The zero-order chi connectivity index (χ0) is 21.3. The van der Waals surface area contributed by atoms with E-state index in [0.717, 1.165) is 32.4 Å². The van der Waals surface area contributed by atoms with Crippen molar-refractivity contribution in [1.29, 1.82) is 0 Å². The summed E-state index contributed by atoms with van der Waals surface area (Å²) in [6.07, 6.45) is 5.29. The number of rotatable bonds is 8. The van der Waals surface area contributed by atoms with Crippen LogP contribution >= 0.6 is 23.2 Å². The van der Waals surface area contributed by atoms with Gasteiger partial charge in [0.05, 0.1) is 5.02 Å². The Labute approximate surface area is 189 Å². The number of halogens is 2. The molecule has 1 aliphatic carbocycles. The van der Waals surface area contributed by atoms with Crippen molar-refractivity contribution in [1.82, 2.24) is 9.21 Å². The molecular weight excluding hydrogens is 439 g/mol. The first-order chi connectivity index (χ1) is 14.4. The summed E-state index contributed by atoms with van der Waals surface area (Å²) in [5.41, 5.74) is 4.61. The molecule has 7 heteroatoms. The van der Waals surface area contributed by atoms with Crippen LogP contribution in [0.2, 0.25) is 10.0 Å². The summed E-state index contributed by atoms with van der Waals surface area (Å²) in [4.78, 5) is 2.68. The molecule has 30 heavy (non-hydrogen) atoms. The topological polar surface area (TPSA) is 40.6 Å². The Bertz CT molecular complexity index is 1030. The fraction of sp³-hybridized carbons (Fsp3) is 0.478. The van der Waals surface area contributed by atoms with Crippen LogP contribution in [0.15, 0.2) is 41.3 Å². The second-order valence-corrected chi connectivity index (χ2v) is 10.9. The van der Waals surface area contributed by atoms with E-state index < -0.39 is 10.0 Å². The number of benzene rings is 2. The highest BCUT2D eigenvalue weighted by molar-refractivity contribution is 7.89. The summed E-state index contributed by atoms with van der Waals surface area (Å²) < 4.78 is 27.6. The molecule has 4 nitrogen and oxygen atoms in total. The molecule has 2 aromatic carbocycles. The minimum atomic E-state index is -3.65. The largest absolute Gasteiger partial charge is 0.296 e. The lowest BCUT2D eigenvalue weighted by molar-refractivity contribution is 0.181. The molecule has 0 spiro atoms. The molecule has 1 atom stereocenters. The predicted molar refractivity (Wildman–Crippen MR) is 123 cm³/mol. The number of unbranched alkanes of at least 4 members (excludes halogenated alkanes) is 1. The van der Waals surface area contributed by atoms with Gasteiger partial charge in [0.2, 0.25) is 10.0 Å². The average molecular weight is 467 g/mol. The Balaban J connectivity index is 1.35. The average Bonchev–Trinajstić information content (AvgIpc) is 3.17. The van der Waals surface area contributed by atoms with Gasteiger partial charge >= 0.3 is 0 Å². The number of aryl methyl sites for hydroxylation is 1. The minimum Gasteiger partial charge on any atom is -0.296 e. The highest BCUT2D eigenvalue weighted by atomic mass is 35.5. The molecule has 0 amide bonds. The summed E-state index contributed by atoms with van der Waals surface area (Å²) >= 11 is 12.2. The molecule has 1 unspecified atom stereocenters. The van der Waals surface area contributed by atoms with Crippen molar-refractivity contribution in [3.05, 3.63) is 63.1 Å². The summed E-state index contributed by atoms with van der Waals surface area (Å²) in [6.45, 7) is 4.86. The molecule has 162 valence electrons. The third kappa shape index (κ3) is 4.28. The maximum atomic E-state index is 13.0. The predicted octanol–water partition coefficient (Wildman–Crippen LogP) is 5.33. The highest BCUT2D eigenvalue weighted by Gasteiger charge is 2.33. The van der Waals surface area contributed by atoms with E-state index in [2.05, 4.69) is 23.1 Å². The molecule has 0 saturated heterocycles. The van der Waals surface area contributed by atoms with E-state index in [9.17, 15) is 8.42 Å². The van der Waals surface area contributed by atoms with Gasteiger partial charge in [0.25, 0.3) is 0 Å². The van der Waals surface area contributed by atoms with Crippen LogP contribution in [-0.4, -0.2) is 43.8 Å². The second-order valence-electron chi connectivity index (χ2n) is 8.11. The Morgan fingerprint density at radius 1 is 1.10 bits per heavy atom. The van der Waals surface area contributed by atoms with E-state index >= 15 is 0 Å². The van der Waals surface area contributed by atoms with Crippen molar-refractivity contribution in [3.63, 3.8) is 0 Å². The third-order valence-corrected chi connectivity index (χ3v) is 9.07. The normalized spacial score (nSPS) is 18.7. The summed E-state index contributed by atoms with van der Waals surface area (Å²) in [6, 6.07) is 11.9. The summed E-state index contributed by atoms with van der Waals surface area (Å²) in [5, 5.41) is 0.581. The molecule has 1 heterocycles. The molecular formula is C23H28Cl2N2O2S. The van der Waals surface area contributed by atoms with Gasteiger partial charge in [-0.15, -0.1) is 0 Å². The van der Waals surface area contributed by atoms with Crippen molar-refractivity contribution in [2.45, 2.75) is 50.0 Å². The first-order valence-corrected chi connectivity index (χ1v) is 12.9. The molecule has 2 aromatic rings. The van der Waals surface area contributed by atoms with Crippen LogP contribution in [0.25, 0.3) is 0 Å². The van der Waals surface area contributed by atoms with Crippen molar-refractivity contribution in [2.75, 3.05) is 26.2 Å². The molecule has 0 radical (unpaired) electrons. The highest BCUT2D eigenvalue weighted by Crippen LogP contribution is 2.41. The van der Waals surface area contributed by atoms with E-state index in [-0.39, 0.29) is 9.92 Å². The zero-order valence-electron chi connectivity index (χ0n) is 17.3. The van der Waals surface area contributed by atoms with E-state index in [4.69, 9.17) is 23.2 Å². The van der Waals surface area contributed by atoms with Gasteiger partial charge in [0.1, 0.15) is 4.90 Å². The molecule has 0 bridgehead atoms. The SMILES string of the molecule is CCN(CCCCN1CCc2cccc3c2C1CC3)S(=O)(=O)c1cc(Cl)ccc1Cl. The lowest BCUT2D eigenvalue weighted by Gasteiger charge is -2.35. The van der Waals surface area contributed by atoms with Gasteiger partial charge in [0.15, 0.2) is 0 Å². The maximum Gasteiger partial charge on any atom is 0.244 e. The van der Waals surface area contributed by atoms with Crippen LogP contribution in [0.5, 0.6) is 0 Å². The van der Waals surface area contributed by atoms with Gasteiger partial charge in [-0.25, -0.2) is 8.42 Å². The zero-order valence-corrected chi connectivity index (χ0v) is 19.6. The number of hydrogen-bond donors (Lipinski definition) is 0. The smallest absolute Gasteiger partial charge is 0.244 e. The fourth-order valence-electron chi connectivity index (χ4n) is 4.88. The van der Waals surface area contributed by atoms with Crippen LogP contribution in [0.1, 0.15) is 48.9 Å². The van der Waals surface area contributed by atoms with Crippen LogP contribution in [0.3, 0.4) is 0 Å². The summed E-state index contributed by atoms with van der Waals surface area (Å²) in [7, 11) is -3.65. The van der Waals surface area contributed by atoms with Gasteiger partial charge in [-0.1, -0.05) is 48.3 Å². The lowest BCUT2D eigenvalue weighted by atomic mass is 9.93. The number of sulfonamides is 1. The maximum absolute atomic E-state index is 13.0. The van der Waals surface area contributed by atoms with Crippen LogP contribution in [0.4, 0.5) is 0 Å². The van der Waals surface area contributed by atoms with Crippen molar-refractivity contribution in [2.24, 2.45) is 0 Å². The molecule has 0 N–H and O–H groups in total.